The number of benzene rings is 2. The van der Waals surface area contributed by atoms with E-state index >= 15 is 0 Å². The molecule has 2 N–H and O–H groups in total. The van der Waals surface area contributed by atoms with Gasteiger partial charge in [0, 0.05) is 11.7 Å². The van der Waals surface area contributed by atoms with E-state index in [4.69, 9.17) is 11.6 Å². The molecule has 0 radical (unpaired) electrons. The monoisotopic (exact) mass is 286 g/mol. The molecule has 0 bridgehead atoms. The van der Waals surface area contributed by atoms with Crippen molar-refractivity contribution in [3.63, 3.8) is 0 Å². The number of rotatable bonds is 3. The van der Waals surface area contributed by atoms with Crippen LogP contribution in [0.4, 0.5) is 11.4 Å². The molecule has 3 nitrogen and oxygen atoms in total. The van der Waals surface area contributed by atoms with E-state index in [0.29, 0.717) is 11.4 Å². The summed E-state index contributed by atoms with van der Waals surface area (Å²) < 4.78 is 0. The lowest BCUT2D eigenvalue weighted by Crippen LogP contribution is -2.07. The van der Waals surface area contributed by atoms with Gasteiger partial charge in [-0.3, -0.25) is 4.79 Å². The van der Waals surface area contributed by atoms with Crippen molar-refractivity contribution < 1.29 is 4.79 Å². The van der Waals surface area contributed by atoms with Crippen LogP contribution in [0, 0.1) is 0 Å². The smallest absolute Gasteiger partial charge is 0.228 e. The van der Waals surface area contributed by atoms with Crippen molar-refractivity contribution >= 4 is 28.9 Å². The molecule has 4 heteroatoms. The van der Waals surface area contributed by atoms with Crippen LogP contribution in [0.15, 0.2) is 42.5 Å². The minimum atomic E-state index is 0.0179. The lowest BCUT2D eigenvalue weighted by molar-refractivity contribution is -0.115. The first kappa shape index (κ1) is 13.0. The minimum absolute atomic E-state index is 0.0179. The normalized spacial score (nSPS) is 14.6. The summed E-state index contributed by atoms with van der Waals surface area (Å²) in [5.74, 6) is 0.0179. The maximum atomic E-state index is 11.4. The highest BCUT2D eigenvalue weighted by molar-refractivity contribution is 6.33. The number of halogens is 1. The van der Waals surface area contributed by atoms with E-state index in [-0.39, 0.29) is 11.9 Å². The first-order chi connectivity index (χ1) is 9.63. The first-order valence-corrected chi connectivity index (χ1v) is 6.95. The van der Waals surface area contributed by atoms with Crippen LogP contribution < -0.4 is 10.6 Å². The van der Waals surface area contributed by atoms with Gasteiger partial charge in [-0.25, -0.2) is 0 Å². The molecule has 2 aromatic rings. The number of hydrogen-bond acceptors (Lipinski definition) is 2. The van der Waals surface area contributed by atoms with Crippen molar-refractivity contribution in [3.8, 4) is 0 Å². The van der Waals surface area contributed by atoms with Gasteiger partial charge in [-0.1, -0.05) is 41.9 Å². The summed E-state index contributed by atoms with van der Waals surface area (Å²) in [5, 5.41) is 6.82. The van der Waals surface area contributed by atoms with Crippen molar-refractivity contribution in [1.29, 1.82) is 0 Å². The Labute approximate surface area is 123 Å². The Morgan fingerprint density at radius 1 is 1.25 bits per heavy atom. The molecule has 0 aromatic heterocycles. The Morgan fingerprint density at radius 2 is 2.00 bits per heavy atom. The van der Waals surface area contributed by atoms with Gasteiger partial charge in [-0.2, -0.15) is 0 Å². The van der Waals surface area contributed by atoms with Gasteiger partial charge < -0.3 is 10.6 Å². The van der Waals surface area contributed by atoms with Crippen LogP contribution in [0.25, 0.3) is 0 Å². The van der Waals surface area contributed by atoms with E-state index in [2.05, 4.69) is 29.7 Å². The fraction of sp³-hybridized carbons (Fsp3) is 0.188. The zero-order valence-electron chi connectivity index (χ0n) is 11.1. The molecule has 0 saturated heterocycles. The molecular formula is C16H15ClN2O. The first-order valence-electron chi connectivity index (χ1n) is 6.57. The van der Waals surface area contributed by atoms with Gasteiger partial charge in [0.25, 0.3) is 0 Å². The quantitative estimate of drug-likeness (QED) is 0.895. The fourth-order valence-electron chi connectivity index (χ4n) is 2.42. The zero-order valence-corrected chi connectivity index (χ0v) is 11.9. The molecule has 2 aromatic carbocycles. The molecule has 0 saturated carbocycles. The molecule has 1 aliphatic rings. The number of fused-ring (bicyclic) bond motifs is 1. The van der Waals surface area contributed by atoms with Crippen LogP contribution in [-0.4, -0.2) is 5.91 Å². The van der Waals surface area contributed by atoms with E-state index in [9.17, 15) is 4.79 Å². The molecule has 3 rings (SSSR count). The largest absolute Gasteiger partial charge is 0.377 e. The van der Waals surface area contributed by atoms with Crippen molar-refractivity contribution in [2.75, 3.05) is 10.6 Å². The van der Waals surface area contributed by atoms with Gasteiger partial charge in [0.05, 0.1) is 17.1 Å². The fourth-order valence-corrected chi connectivity index (χ4v) is 2.64. The Hall–Kier alpha value is -2.00. The Balaban J connectivity index is 1.85. The predicted octanol–water partition coefficient (Wildman–Crippen LogP) is 4.01. The summed E-state index contributed by atoms with van der Waals surface area (Å²) in [6.07, 6.45) is 0.418. The highest BCUT2D eigenvalue weighted by atomic mass is 35.5. The Bertz CT molecular complexity index is 655. The van der Waals surface area contributed by atoms with Gasteiger partial charge in [-0.05, 0) is 30.2 Å². The minimum Gasteiger partial charge on any atom is -0.377 e. The van der Waals surface area contributed by atoms with E-state index in [1.54, 1.807) is 0 Å². The van der Waals surface area contributed by atoms with Crippen LogP contribution in [0.5, 0.6) is 0 Å². The summed E-state index contributed by atoms with van der Waals surface area (Å²) in [6.45, 7) is 2.09. The molecule has 1 heterocycles. The molecule has 102 valence electrons. The molecule has 1 amide bonds. The van der Waals surface area contributed by atoms with Crippen molar-refractivity contribution in [2.45, 2.75) is 19.4 Å². The van der Waals surface area contributed by atoms with Crippen LogP contribution in [-0.2, 0) is 11.2 Å². The van der Waals surface area contributed by atoms with Crippen LogP contribution in [0.1, 0.15) is 24.1 Å². The average molecular weight is 287 g/mol. The summed E-state index contributed by atoms with van der Waals surface area (Å²) >= 11 is 6.27. The summed E-state index contributed by atoms with van der Waals surface area (Å²) in [7, 11) is 0. The Morgan fingerprint density at radius 3 is 2.75 bits per heavy atom. The number of hydrogen-bond donors (Lipinski definition) is 2. The third-order valence-electron chi connectivity index (χ3n) is 3.49. The predicted molar refractivity (Wildman–Crippen MR) is 82.3 cm³/mol. The number of anilines is 2. The molecule has 0 fully saturated rings. The lowest BCUT2D eigenvalue weighted by atomic mass is 10.1. The van der Waals surface area contributed by atoms with Crippen molar-refractivity contribution in [1.82, 2.24) is 0 Å². The topological polar surface area (TPSA) is 41.1 Å². The van der Waals surface area contributed by atoms with Crippen LogP contribution in [0.3, 0.4) is 0 Å². The van der Waals surface area contributed by atoms with Crippen LogP contribution in [0.2, 0.25) is 5.02 Å². The summed E-state index contributed by atoms with van der Waals surface area (Å²) in [6, 6.07) is 14.1. The average Bonchev–Trinajstić information content (AvgIpc) is 2.79. The number of carbonyl (C=O) groups excluding carboxylic acids is 1. The Kier molecular flexibility index (Phi) is 3.36. The third kappa shape index (κ3) is 2.49. The van der Waals surface area contributed by atoms with E-state index in [0.717, 1.165) is 16.9 Å². The molecule has 0 spiro atoms. The molecule has 20 heavy (non-hydrogen) atoms. The molecule has 0 aliphatic carbocycles. The van der Waals surface area contributed by atoms with E-state index in [1.165, 1.54) is 5.56 Å². The number of nitrogens with one attached hydrogen (secondary N) is 2. The van der Waals surface area contributed by atoms with Crippen molar-refractivity contribution in [3.05, 3.63) is 58.6 Å². The number of amides is 1. The highest BCUT2D eigenvalue weighted by Gasteiger charge is 2.20. The SMILES string of the molecule is CC(Nc1cc2c(cc1Cl)NC(=O)C2)c1ccccc1. The lowest BCUT2D eigenvalue weighted by Gasteiger charge is -2.17. The maximum Gasteiger partial charge on any atom is 0.228 e. The molecular weight excluding hydrogens is 272 g/mol. The summed E-state index contributed by atoms with van der Waals surface area (Å²) in [5.41, 5.74) is 3.86. The molecule has 1 atom stereocenters. The number of carbonyl (C=O) groups is 1. The molecule has 1 unspecified atom stereocenters. The van der Waals surface area contributed by atoms with E-state index < -0.39 is 0 Å². The maximum absolute atomic E-state index is 11.4. The van der Waals surface area contributed by atoms with Gasteiger partial charge in [0.15, 0.2) is 0 Å². The van der Waals surface area contributed by atoms with E-state index in [1.807, 2.05) is 30.3 Å². The van der Waals surface area contributed by atoms with Gasteiger partial charge >= 0.3 is 0 Å². The standard InChI is InChI=1S/C16H15ClN2O/c1-10(11-5-3-2-4-6-11)18-15-7-12-8-16(20)19-14(12)9-13(15)17/h2-7,9-10,18H,8H2,1H3,(H,19,20). The second-order valence-electron chi connectivity index (χ2n) is 4.99. The van der Waals surface area contributed by atoms with Gasteiger partial charge in [0.1, 0.15) is 0 Å². The second kappa shape index (κ2) is 5.17. The highest BCUT2D eigenvalue weighted by Crippen LogP contribution is 2.34. The molecule has 1 aliphatic heterocycles. The zero-order chi connectivity index (χ0) is 14.1. The second-order valence-corrected chi connectivity index (χ2v) is 5.40. The third-order valence-corrected chi connectivity index (χ3v) is 3.80. The van der Waals surface area contributed by atoms with Crippen LogP contribution >= 0.6 is 11.6 Å². The van der Waals surface area contributed by atoms with Gasteiger partial charge in [-0.15, -0.1) is 0 Å². The van der Waals surface area contributed by atoms with Gasteiger partial charge in [0.2, 0.25) is 5.91 Å². The summed E-state index contributed by atoms with van der Waals surface area (Å²) in [4.78, 5) is 11.4. The van der Waals surface area contributed by atoms with Crippen molar-refractivity contribution in [2.24, 2.45) is 0 Å².